The van der Waals surface area contributed by atoms with E-state index in [4.69, 9.17) is 0 Å². The molecule has 0 amide bonds. The van der Waals surface area contributed by atoms with Crippen molar-refractivity contribution in [3.8, 4) is 6.07 Å². The highest BCUT2D eigenvalue weighted by molar-refractivity contribution is 7.77. The molecule has 1 atom stereocenters. The fraction of sp³-hybridized carbons (Fsp3) is 0.409. The molecule has 26 heavy (non-hydrogen) atoms. The summed E-state index contributed by atoms with van der Waals surface area (Å²) in [5, 5.41) is 14.7. The molecule has 0 aliphatic rings. The Balaban J connectivity index is 2.84. The number of nitriles is 1. The molecule has 2 aromatic carbocycles. The van der Waals surface area contributed by atoms with E-state index < -0.39 is 13.3 Å². The summed E-state index contributed by atoms with van der Waals surface area (Å²) in [5.41, 5.74) is 3.59. The van der Waals surface area contributed by atoms with E-state index in [1.54, 1.807) is 0 Å². The van der Waals surface area contributed by atoms with Crippen LogP contribution in [0.2, 0.25) is 0 Å². The molecule has 4 heteroatoms. The minimum absolute atomic E-state index is 0.336. The van der Waals surface area contributed by atoms with Crippen LogP contribution in [-0.4, -0.2) is 6.04 Å². The Morgan fingerprint density at radius 2 is 1.23 bits per heavy atom. The van der Waals surface area contributed by atoms with Gasteiger partial charge in [0.05, 0.1) is 6.07 Å². The topological polar surface area (TPSA) is 52.9 Å². The van der Waals surface area contributed by atoms with Gasteiger partial charge in [-0.2, -0.15) is 5.26 Å². The standard InChI is InChI=1S/C22H29N2OP/c1-15-10-8-11-16(2)20(15)26(25,24-19(14-23)22(5,6)7)21-17(3)12-9-13-18(21)4/h8-13,19H,1-7H3,(H,24,25)/t19-/m0/s1. The molecule has 1 N–H and O–H groups in total. The van der Waals surface area contributed by atoms with Crippen LogP contribution in [0.25, 0.3) is 0 Å². The van der Waals surface area contributed by atoms with Crippen molar-refractivity contribution in [2.75, 3.05) is 0 Å². The van der Waals surface area contributed by atoms with Crippen LogP contribution in [0.15, 0.2) is 36.4 Å². The summed E-state index contributed by atoms with van der Waals surface area (Å²) in [7, 11) is -3.22. The van der Waals surface area contributed by atoms with E-state index in [0.29, 0.717) is 0 Å². The average molecular weight is 368 g/mol. The van der Waals surface area contributed by atoms with E-state index in [1.165, 1.54) is 0 Å². The summed E-state index contributed by atoms with van der Waals surface area (Å²) in [6.07, 6.45) is 0. The number of nitrogens with zero attached hydrogens (tertiary/aromatic N) is 1. The zero-order chi connectivity index (χ0) is 19.7. The third kappa shape index (κ3) is 3.78. The van der Waals surface area contributed by atoms with Crippen LogP contribution in [0, 0.1) is 44.4 Å². The largest absolute Gasteiger partial charge is 0.296 e. The second-order valence-electron chi connectivity index (χ2n) is 8.15. The van der Waals surface area contributed by atoms with Crippen LogP contribution in [0.1, 0.15) is 43.0 Å². The van der Waals surface area contributed by atoms with Gasteiger partial charge >= 0.3 is 0 Å². The lowest BCUT2D eigenvalue weighted by Gasteiger charge is -2.33. The Labute approximate surface area is 157 Å². The Bertz CT molecular complexity index is 807. The molecule has 0 aliphatic carbocycles. The van der Waals surface area contributed by atoms with Gasteiger partial charge in [0.2, 0.25) is 7.29 Å². The first-order chi connectivity index (χ1) is 12.0. The zero-order valence-electron chi connectivity index (χ0n) is 16.8. The predicted molar refractivity (Wildman–Crippen MR) is 111 cm³/mol. The summed E-state index contributed by atoms with van der Waals surface area (Å²) < 4.78 is 14.7. The summed E-state index contributed by atoms with van der Waals surface area (Å²) >= 11 is 0. The van der Waals surface area contributed by atoms with Crippen molar-refractivity contribution < 1.29 is 4.57 Å². The number of benzene rings is 2. The molecule has 0 radical (unpaired) electrons. The van der Waals surface area contributed by atoms with Crippen molar-refractivity contribution in [3.05, 3.63) is 58.7 Å². The smallest absolute Gasteiger partial charge is 0.206 e. The number of aryl methyl sites for hydroxylation is 4. The lowest BCUT2D eigenvalue weighted by atomic mass is 9.88. The van der Waals surface area contributed by atoms with Crippen molar-refractivity contribution in [2.45, 2.75) is 54.5 Å². The van der Waals surface area contributed by atoms with E-state index >= 15 is 0 Å². The Morgan fingerprint density at radius 1 is 0.885 bits per heavy atom. The maximum Gasteiger partial charge on any atom is 0.206 e. The van der Waals surface area contributed by atoms with Crippen molar-refractivity contribution in [1.29, 1.82) is 5.26 Å². The van der Waals surface area contributed by atoms with Gasteiger partial charge in [-0.25, -0.2) is 5.09 Å². The summed E-state index contributed by atoms with van der Waals surface area (Å²) in [5.74, 6) is 0. The van der Waals surface area contributed by atoms with Crippen molar-refractivity contribution in [1.82, 2.24) is 5.09 Å². The van der Waals surface area contributed by atoms with Gasteiger partial charge in [0.25, 0.3) is 0 Å². The fourth-order valence-electron chi connectivity index (χ4n) is 3.44. The van der Waals surface area contributed by atoms with E-state index in [1.807, 2.05) is 84.9 Å². The highest BCUT2D eigenvalue weighted by atomic mass is 31.2. The van der Waals surface area contributed by atoms with Gasteiger partial charge in [-0.15, -0.1) is 0 Å². The maximum atomic E-state index is 14.7. The second kappa shape index (κ2) is 7.39. The molecule has 3 nitrogen and oxygen atoms in total. The van der Waals surface area contributed by atoms with Crippen LogP contribution >= 0.6 is 7.29 Å². The average Bonchev–Trinajstić information content (AvgIpc) is 2.51. The van der Waals surface area contributed by atoms with Crippen LogP contribution in [0.4, 0.5) is 0 Å². The summed E-state index contributed by atoms with van der Waals surface area (Å²) in [6.45, 7) is 13.9. The molecular formula is C22H29N2OP. The van der Waals surface area contributed by atoms with Gasteiger partial charge in [-0.3, -0.25) is 4.57 Å². The minimum atomic E-state index is -3.22. The van der Waals surface area contributed by atoms with Crippen LogP contribution in [0.5, 0.6) is 0 Å². The SMILES string of the molecule is Cc1cccc(C)c1P(=O)(N[C@@H](C#N)C(C)(C)C)c1c(C)cccc1C. The number of hydrogen-bond donors (Lipinski definition) is 1. The molecule has 0 aliphatic heterocycles. The lowest BCUT2D eigenvalue weighted by Crippen LogP contribution is -2.43. The van der Waals surface area contributed by atoms with Gasteiger partial charge in [-0.1, -0.05) is 57.2 Å². The van der Waals surface area contributed by atoms with Gasteiger partial charge in [0.1, 0.15) is 6.04 Å². The molecular weight excluding hydrogens is 339 g/mol. The minimum Gasteiger partial charge on any atom is -0.296 e. The molecule has 138 valence electrons. The molecule has 0 saturated carbocycles. The van der Waals surface area contributed by atoms with Gasteiger partial charge < -0.3 is 0 Å². The lowest BCUT2D eigenvalue weighted by molar-refractivity contribution is 0.352. The highest BCUT2D eigenvalue weighted by Crippen LogP contribution is 2.45. The molecule has 0 aromatic heterocycles. The van der Waals surface area contributed by atoms with Crippen molar-refractivity contribution in [3.63, 3.8) is 0 Å². The number of hydrogen-bond acceptors (Lipinski definition) is 2. The second-order valence-corrected chi connectivity index (χ2v) is 10.5. The normalized spacial score (nSPS) is 13.3. The van der Waals surface area contributed by atoms with E-state index in [0.717, 1.165) is 32.9 Å². The number of rotatable bonds is 4. The monoisotopic (exact) mass is 368 g/mol. The predicted octanol–water partition coefficient (Wildman–Crippen LogP) is 4.68. The molecule has 0 spiro atoms. The molecule has 2 aromatic rings. The Morgan fingerprint density at radius 3 is 1.50 bits per heavy atom. The fourth-order valence-corrected chi connectivity index (χ4v) is 7.02. The molecule has 0 heterocycles. The maximum absolute atomic E-state index is 14.7. The summed E-state index contributed by atoms with van der Waals surface area (Å²) in [6, 6.07) is 13.7. The Hall–Kier alpha value is -1.88. The molecule has 2 rings (SSSR count). The van der Waals surface area contributed by atoms with Crippen LogP contribution < -0.4 is 15.7 Å². The molecule has 0 fully saturated rings. The van der Waals surface area contributed by atoms with Crippen LogP contribution in [0.3, 0.4) is 0 Å². The summed E-state index contributed by atoms with van der Waals surface area (Å²) in [4.78, 5) is 0. The third-order valence-corrected chi connectivity index (χ3v) is 8.11. The van der Waals surface area contributed by atoms with Crippen LogP contribution in [-0.2, 0) is 4.57 Å². The van der Waals surface area contributed by atoms with Gasteiger partial charge in [-0.05, 0) is 55.4 Å². The first-order valence-corrected chi connectivity index (χ1v) is 10.6. The zero-order valence-corrected chi connectivity index (χ0v) is 17.7. The number of nitrogens with one attached hydrogen (secondary N) is 1. The molecule has 0 unspecified atom stereocenters. The van der Waals surface area contributed by atoms with E-state index in [-0.39, 0.29) is 5.41 Å². The van der Waals surface area contributed by atoms with Gasteiger partial charge in [0, 0.05) is 10.6 Å². The first kappa shape index (κ1) is 20.4. The van der Waals surface area contributed by atoms with Crippen molar-refractivity contribution in [2.24, 2.45) is 5.41 Å². The first-order valence-electron chi connectivity index (χ1n) is 8.93. The molecule has 0 saturated heterocycles. The quantitative estimate of drug-likeness (QED) is 0.798. The van der Waals surface area contributed by atoms with E-state index in [9.17, 15) is 9.83 Å². The Kier molecular flexibility index (Phi) is 5.81. The molecule has 0 bridgehead atoms. The highest BCUT2D eigenvalue weighted by Gasteiger charge is 2.38. The van der Waals surface area contributed by atoms with Crippen molar-refractivity contribution >= 4 is 17.9 Å². The van der Waals surface area contributed by atoms with Gasteiger partial charge in [0.15, 0.2) is 0 Å². The third-order valence-electron chi connectivity index (χ3n) is 4.81. The van der Waals surface area contributed by atoms with E-state index in [2.05, 4.69) is 11.2 Å².